The van der Waals surface area contributed by atoms with Crippen molar-refractivity contribution in [3.05, 3.63) is 41.8 Å². The molecule has 0 saturated carbocycles. The summed E-state index contributed by atoms with van der Waals surface area (Å²) in [7, 11) is 0. The van der Waals surface area contributed by atoms with Crippen LogP contribution in [0.25, 0.3) is 0 Å². The van der Waals surface area contributed by atoms with E-state index in [1.807, 2.05) is 27.7 Å². The zero-order valence-electron chi connectivity index (χ0n) is 10.3. The Kier molecular flexibility index (Phi) is 21.1. The SMILES string of the molecule is CC.CC.C[CH-]c1cccc(C)c1.[Re]. The van der Waals surface area contributed by atoms with Crippen LogP contribution in [0.3, 0.4) is 0 Å². The molecule has 0 fully saturated rings. The predicted octanol–water partition coefficient (Wildman–Crippen LogP) is 4.62. The van der Waals surface area contributed by atoms with Crippen LogP contribution in [0.5, 0.6) is 0 Å². The van der Waals surface area contributed by atoms with Crippen LogP contribution in [0, 0.1) is 13.3 Å². The number of benzene rings is 1. The first-order valence-corrected chi connectivity index (χ1v) is 5.19. The summed E-state index contributed by atoms with van der Waals surface area (Å²) in [5.74, 6) is 0. The quantitative estimate of drug-likeness (QED) is 0.637. The van der Waals surface area contributed by atoms with Crippen LogP contribution in [0.1, 0.15) is 45.7 Å². The van der Waals surface area contributed by atoms with Crippen LogP contribution < -0.4 is 0 Å². The molecule has 0 amide bonds. The number of hydrogen-bond acceptors (Lipinski definition) is 0. The van der Waals surface area contributed by atoms with Gasteiger partial charge in [-0.15, -0.1) is 11.6 Å². The van der Waals surface area contributed by atoms with E-state index < -0.39 is 0 Å². The molecule has 0 nitrogen and oxygen atoms in total. The van der Waals surface area contributed by atoms with E-state index in [2.05, 4.69) is 44.5 Å². The molecule has 0 aromatic heterocycles. The fourth-order valence-corrected chi connectivity index (χ4v) is 0.850. The molecule has 0 saturated heterocycles. The molecule has 0 N–H and O–H groups in total. The molecule has 1 radical (unpaired) electrons. The van der Waals surface area contributed by atoms with E-state index in [4.69, 9.17) is 0 Å². The Morgan fingerprint density at radius 2 is 1.50 bits per heavy atom. The van der Waals surface area contributed by atoms with Crippen LogP contribution in [0.2, 0.25) is 0 Å². The van der Waals surface area contributed by atoms with E-state index in [9.17, 15) is 0 Å². The van der Waals surface area contributed by atoms with Crippen molar-refractivity contribution in [2.45, 2.75) is 41.5 Å². The van der Waals surface area contributed by atoms with Gasteiger partial charge in [0.15, 0.2) is 0 Å². The topological polar surface area (TPSA) is 0 Å². The van der Waals surface area contributed by atoms with Gasteiger partial charge in [0.1, 0.15) is 0 Å². The van der Waals surface area contributed by atoms with Crippen molar-refractivity contribution >= 4 is 0 Å². The van der Waals surface area contributed by atoms with Gasteiger partial charge in [0.2, 0.25) is 0 Å². The average Bonchev–Trinajstić information content (AvgIpc) is 2.24. The number of hydrogen-bond donors (Lipinski definition) is 0. The van der Waals surface area contributed by atoms with Gasteiger partial charge < -0.3 is 0 Å². The Bertz CT molecular complexity index is 194. The molecule has 1 aromatic carbocycles. The summed E-state index contributed by atoms with van der Waals surface area (Å²) in [6, 6.07) is 8.45. The van der Waals surface area contributed by atoms with Crippen molar-refractivity contribution in [2.24, 2.45) is 0 Å². The first kappa shape index (κ1) is 19.3. The first-order chi connectivity index (χ1) is 6.33. The van der Waals surface area contributed by atoms with Gasteiger partial charge in [-0.05, 0) is 0 Å². The minimum atomic E-state index is 0. The first-order valence-electron chi connectivity index (χ1n) is 5.19. The van der Waals surface area contributed by atoms with Crippen LogP contribution in [0.4, 0.5) is 0 Å². The zero-order valence-corrected chi connectivity index (χ0v) is 13.0. The second-order valence-corrected chi connectivity index (χ2v) is 2.20. The molecular formula is C13H23Re-. The third-order valence-corrected chi connectivity index (χ3v) is 1.38. The van der Waals surface area contributed by atoms with E-state index in [-0.39, 0.29) is 20.4 Å². The monoisotopic (exact) mass is 366 g/mol. The van der Waals surface area contributed by atoms with E-state index >= 15 is 0 Å². The van der Waals surface area contributed by atoms with Gasteiger partial charge in [-0.25, -0.2) is 0 Å². The molecule has 0 spiro atoms. The fraction of sp³-hybridized carbons (Fsp3) is 0.462. The third kappa shape index (κ3) is 9.84. The number of aryl methyl sites for hydroxylation is 1. The minimum absolute atomic E-state index is 0. The van der Waals surface area contributed by atoms with Gasteiger partial charge in [-0.1, -0.05) is 47.6 Å². The largest absolute Gasteiger partial charge is 0.192 e. The molecule has 0 unspecified atom stereocenters. The predicted molar refractivity (Wildman–Crippen MR) is 63.0 cm³/mol. The summed E-state index contributed by atoms with van der Waals surface area (Å²) in [6.07, 6.45) is 2.10. The Labute approximate surface area is 104 Å². The van der Waals surface area contributed by atoms with Crippen molar-refractivity contribution < 1.29 is 20.4 Å². The Balaban J connectivity index is -0.000000216. The van der Waals surface area contributed by atoms with Crippen molar-refractivity contribution in [1.82, 2.24) is 0 Å². The van der Waals surface area contributed by atoms with Gasteiger partial charge in [0, 0.05) is 20.4 Å². The van der Waals surface area contributed by atoms with Gasteiger partial charge >= 0.3 is 0 Å². The molecule has 0 bridgehead atoms. The summed E-state index contributed by atoms with van der Waals surface area (Å²) < 4.78 is 0. The smallest absolute Gasteiger partial charge is 0 e. The van der Waals surface area contributed by atoms with Gasteiger partial charge in [-0.3, -0.25) is 0 Å². The summed E-state index contributed by atoms with van der Waals surface area (Å²) in [4.78, 5) is 0. The van der Waals surface area contributed by atoms with Crippen LogP contribution in [0.15, 0.2) is 24.3 Å². The molecule has 1 aromatic rings. The summed E-state index contributed by atoms with van der Waals surface area (Å²) in [5.41, 5.74) is 2.63. The Morgan fingerprint density at radius 3 is 1.79 bits per heavy atom. The van der Waals surface area contributed by atoms with Crippen LogP contribution >= 0.6 is 0 Å². The van der Waals surface area contributed by atoms with Gasteiger partial charge in [-0.2, -0.15) is 24.1 Å². The molecule has 1 rings (SSSR count). The Hall–Kier alpha value is -0.248. The minimum Gasteiger partial charge on any atom is -0.192 e. The van der Waals surface area contributed by atoms with Crippen LogP contribution in [-0.2, 0) is 20.4 Å². The standard InChI is InChI=1S/C9H11.2C2H6.Re/c1-3-9-6-4-5-8(2)7-9;2*1-2;/h3-7H,1-2H3;2*1-2H3;/q-1;;;. The van der Waals surface area contributed by atoms with E-state index in [1.165, 1.54) is 11.1 Å². The maximum Gasteiger partial charge on any atom is 0 e. The van der Waals surface area contributed by atoms with Crippen molar-refractivity contribution in [3.8, 4) is 0 Å². The zero-order chi connectivity index (χ0) is 10.7. The molecule has 14 heavy (non-hydrogen) atoms. The fourth-order valence-electron chi connectivity index (χ4n) is 0.850. The molecule has 0 aliphatic carbocycles. The molecule has 0 aliphatic rings. The molecule has 0 aliphatic heterocycles. The third-order valence-electron chi connectivity index (χ3n) is 1.38. The van der Waals surface area contributed by atoms with E-state index in [0.29, 0.717) is 0 Å². The van der Waals surface area contributed by atoms with Crippen LogP contribution in [-0.4, -0.2) is 0 Å². The van der Waals surface area contributed by atoms with Gasteiger partial charge in [0.25, 0.3) is 0 Å². The molecule has 1 heteroatoms. The molecule has 0 heterocycles. The van der Waals surface area contributed by atoms with Crippen molar-refractivity contribution in [3.63, 3.8) is 0 Å². The summed E-state index contributed by atoms with van der Waals surface area (Å²) >= 11 is 0. The Morgan fingerprint density at radius 1 is 1.00 bits per heavy atom. The summed E-state index contributed by atoms with van der Waals surface area (Å²) in [6.45, 7) is 12.2. The molecular weight excluding hydrogens is 342 g/mol. The number of rotatable bonds is 1. The average molecular weight is 366 g/mol. The molecule has 83 valence electrons. The van der Waals surface area contributed by atoms with Crippen molar-refractivity contribution in [2.75, 3.05) is 0 Å². The maximum absolute atomic E-state index is 2.17. The normalized spacial score (nSPS) is 6.71. The van der Waals surface area contributed by atoms with Gasteiger partial charge in [0.05, 0.1) is 0 Å². The second kappa shape index (κ2) is 15.2. The maximum atomic E-state index is 2.17. The van der Waals surface area contributed by atoms with E-state index in [1.54, 1.807) is 0 Å². The second-order valence-electron chi connectivity index (χ2n) is 2.20. The molecule has 0 atom stereocenters. The summed E-state index contributed by atoms with van der Waals surface area (Å²) in [5, 5.41) is 0. The van der Waals surface area contributed by atoms with E-state index in [0.717, 1.165) is 0 Å². The van der Waals surface area contributed by atoms with Crippen molar-refractivity contribution in [1.29, 1.82) is 0 Å².